The van der Waals surface area contributed by atoms with Crippen molar-refractivity contribution in [3.63, 3.8) is 0 Å². The lowest BCUT2D eigenvalue weighted by molar-refractivity contribution is -0.140. The zero-order valence-corrected chi connectivity index (χ0v) is 21.3. The zero-order valence-electron chi connectivity index (χ0n) is 19.7. The highest BCUT2D eigenvalue weighted by atomic mass is 79.9. The molecule has 0 bridgehead atoms. The van der Waals surface area contributed by atoms with E-state index in [0.29, 0.717) is 22.0 Å². The van der Waals surface area contributed by atoms with Gasteiger partial charge < -0.3 is 24.6 Å². The molecular formula is C28H24BrNO6. The second-order valence-electron chi connectivity index (χ2n) is 8.92. The van der Waals surface area contributed by atoms with Crippen LogP contribution in [0.25, 0.3) is 5.76 Å². The van der Waals surface area contributed by atoms with Crippen LogP contribution in [-0.4, -0.2) is 40.0 Å². The van der Waals surface area contributed by atoms with Gasteiger partial charge in [0.2, 0.25) is 0 Å². The summed E-state index contributed by atoms with van der Waals surface area (Å²) in [6, 6.07) is 16.8. The number of phenolic OH excluding ortho intramolecular Hbond substituents is 1. The van der Waals surface area contributed by atoms with Gasteiger partial charge in [0.25, 0.3) is 11.7 Å². The van der Waals surface area contributed by atoms with Gasteiger partial charge in [0, 0.05) is 18.5 Å². The van der Waals surface area contributed by atoms with E-state index < -0.39 is 17.7 Å². The Morgan fingerprint density at radius 3 is 2.61 bits per heavy atom. The van der Waals surface area contributed by atoms with Gasteiger partial charge in [0.15, 0.2) is 11.5 Å². The number of carbonyl (C=O) groups is 2. The second-order valence-corrected chi connectivity index (χ2v) is 9.78. The van der Waals surface area contributed by atoms with E-state index >= 15 is 0 Å². The Labute approximate surface area is 216 Å². The van der Waals surface area contributed by atoms with Gasteiger partial charge in [-0.1, -0.05) is 30.3 Å². The first-order valence-corrected chi connectivity index (χ1v) is 12.3. The summed E-state index contributed by atoms with van der Waals surface area (Å²) < 4.78 is 11.4. The molecule has 0 unspecified atom stereocenters. The summed E-state index contributed by atoms with van der Waals surface area (Å²) >= 11 is 3.33. The molecule has 0 spiro atoms. The Hall–Kier alpha value is -3.78. The molecule has 1 saturated heterocycles. The van der Waals surface area contributed by atoms with Gasteiger partial charge in [-0.25, -0.2) is 0 Å². The minimum Gasteiger partial charge on any atom is -0.507 e. The molecule has 0 aromatic heterocycles. The molecule has 0 aliphatic carbocycles. The predicted octanol–water partition coefficient (Wildman–Crippen LogP) is 5.11. The minimum absolute atomic E-state index is 0.0238. The van der Waals surface area contributed by atoms with Crippen molar-refractivity contribution in [3.05, 3.63) is 93.0 Å². The van der Waals surface area contributed by atoms with E-state index in [1.807, 2.05) is 37.3 Å². The van der Waals surface area contributed by atoms with Gasteiger partial charge in [0.1, 0.15) is 17.6 Å². The second kappa shape index (κ2) is 9.35. The molecule has 0 saturated carbocycles. The molecule has 1 amide bonds. The minimum atomic E-state index is -0.903. The molecule has 36 heavy (non-hydrogen) atoms. The van der Waals surface area contributed by atoms with E-state index in [1.54, 1.807) is 30.3 Å². The van der Waals surface area contributed by atoms with Crippen molar-refractivity contribution in [2.75, 3.05) is 7.11 Å². The molecule has 3 aromatic carbocycles. The third-order valence-corrected chi connectivity index (χ3v) is 7.10. The molecule has 3 aromatic rings. The van der Waals surface area contributed by atoms with Crippen LogP contribution in [-0.2, 0) is 22.6 Å². The lowest BCUT2D eigenvalue weighted by atomic mass is 9.94. The Morgan fingerprint density at radius 1 is 1.14 bits per heavy atom. The smallest absolute Gasteiger partial charge is 0.295 e. The van der Waals surface area contributed by atoms with Crippen molar-refractivity contribution in [3.8, 4) is 17.2 Å². The lowest BCUT2D eigenvalue weighted by Crippen LogP contribution is -2.29. The topological polar surface area (TPSA) is 96.3 Å². The van der Waals surface area contributed by atoms with Crippen molar-refractivity contribution in [1.29, 1.82) is 0 Å². The number of rotatable bonds is 5. The Balaban J connectivity index is 1.68. The van der Waals surface area contributed by atoms with Crippen LogP contribution in [0.2, 0.25) is 0 Å². The number of methoxy groups -OCH3 is 1. The van der Waals surface area contributed by atoms with Crippen molar-refractivity contribution in [2.45, 2.75) is 32.0 Å². The third-order valence-electron chi connectivity index (χ3n) is 6.49. The first-order valence-electron chi connectivity index (χ1n) is 11.5. The van der Waals surface area contributed by atoms with Gasteiger partial charge in [-0.15, -0.1) is 0 Å². The number of hydrogen-bond donors (Lipinski definition) is 2. The summed E-state index contributed by atoms with van der Waals surface area (Å²) in [6.07, 6.45) is 0.709. The first kappa shape index (κ1) is 23.9. The number of aliphatic hydroxyl groups excluding tert-OH is 1. The number of nitrogens with zero attached hydrogens (tertiary/aromatic N) is 1. The number of phenols is 1. The number of aromatic hydroxyl groups is 1. The van der Waals surface area contributed by atoms with E-state index in [-0.39, 0.29) is 35.5 Å². The predicted molar refractivity (Wildman–Crippen MR) is 137 cm³/mol. The molecule has 1 fully saturated rings. The van der Waals surface area contributed by atoms with Gasteiger partial charge in [-0.2, -0.15) is 0 Å². The van der Waals surface area contributed by atoms with E-state index in [9.17, 15) is 19.8 Å². The van der Waals surface area contributed by atoms with Gasteiger partial charge >= 0.3 is 0 Å². The Bertz CT molecular complexity index is 1400. The summed E-state index contributed by atoms with van der Waals surface area (Å²) in [6.45, 7) is 2.12. The molecule has 0 radical (unpaired) electrons. The average Bonchev–Trinajstić information content (AvgIpc) is 3.37. The monoisotopic (exact) mass is 549 g/mol. The number of aliphatic hydroxyl groups is 1. The molecule has 5 rings (SSSR count). The molecule has 2 aliphatic heterocycles. The van der Waals surface area contributed by atoms with Crippen LogP contribution in [0.1, 0.15) is 35.2 Å². The van der Waals surface area contributed by atoms with E-state index in [1.165, 1.54) is 12.0 Å². The van der Waals surface area contributed by atoms with E-state index in [0.717, 1.165) is 16.9 Å². The Kier molecular flexibility index (Phi) is 6.22. The van der Waals surface area contributed by atoms with Crippen LogP contribution in [0.15, 0.2) is 70.7 Å². The quantitative estimate of drug-likeness (QED) is 0.261. The van der Waals surface area contributed by atoms with Crippen LogP contribution < -0.4 is 9.47 Å². The molecule has 2 atom stereocenters. The first-order chi connectivity index (χ1) is 17.3. The largest absolute Gasteiger partial charge is 0.507 e. The maximum Gasteiger partial charge on any atom is 0.295 e. The van der Waals surface area contributed by atoms with Crippen molar-refractivity contribution >= 4 is 33.4 Å². The molecule has 7 nitrogen and oxygen atoms in total. The summed E-state index contributed by atoms with van der Waals surface area (Å²) in [5.41, 5.74) is 2.67. The van der Waals surface area contributed by atoms with Crippen LogP contribution >= 0.6 is 15.9 Å². The average molecular weight is 550 g/mol. The van der Waals surface area contributed by atoms with E-state index in [4.69, 9.17) is 9.47 Å². The summed E-state index contributed by atoms with van der Waals surface area (Å²) in [4.78, 5) is 28.1. The molecular weight excluding hydrogens is 526 g/mol. The molecule has 184 valence electrons. The van der Waals surface area contributed by atoms with E-state index in [2.05, 4.69) is 15.9 Å². The normalized spacial score (nSPS) is 20.4. The number of halogens is 1. The van der Waals surface area contributed by atoms with Crippen molar-refractivity contribution in [1.82, 2.24) is 4.90 Å². The number of Topliss-reactive ketones (excluding diaryl/α,β-unsaturated/α-hetero) is 1. The fourth-order valence-electron chi connectivity index (χ4n) is 4.80. The number of ketones is 1. The number of amides is 1. The lowest BCUT2D eigenvalue weighted by Gasteiger charge is -2.26. The van der Waals surface area contributed by atoms with Crippen molar-refractivity contribution < 1.29 is 29.3 Å². The maximum absolute atomic E-state index is 13.4. The van der Waals surface area contributed by atoms with Gasteiger partial charge in [0.05, 0.1) is 23.2 Å². The van der Waals surface area contributed by atoms with Crippen LogP contribution in [0, 0.1) is 0 Å². The zero-order chi connectivity index (χ0) is 25.6. The van der Waals surface area contributed by atoms with Crippen LogP contribution in [0.5, 0.6) is 17.2 Å². The number of benzene rings is 3. The molecule has 2 aliphatic rings. The van der Waals surface area contributed by atoms with Crippen molar-refractivity contribution in [2.24, 2.45) is 0 Å². The number of ether oxygens (including phenoxy) is 2. The fourth-order valence-corrected chi connectivity index (χ4v) is 5.26. The van der Waals surface area contributed by atoms with Crippen LogP contribution in [0.3, 0.4) is 0 Å². The summed E-state index contributed by atoms with van der Waals surface area (Å²) in [5, 5.41) is 21.8. The highest BCUT2D eigenvalue weighted by Gasteiger charge is 2.46. The van der Waals surface area contributed by atoms with Gasteiger partial charge in [-0.05, 0) is 69.9 Å². The fraction of sp³-hybridized carbons (Fsp3) is 0.214. The SMILES string of the molecule is COc1cc([C@@H]2C(=C(O)c3ccc4c(c3)C[C@@H](C)O4)C(=O)C(=O)N2Cc2ccccc2)cc(Br)c1O. The molecule has 8 heteroatoms. The molecule has 2 heterocycles. The number of fused-ring (bicyclic) bond motifs is 1. The number of carbonyl (C=O) groups excluding carboxylic acids is 2. The maximum atomic E-state index is 13.4. The summed E-state index contributed by atoms with van der Waals surface area (Å²) in [5.74, 6) is -0.942. The standard InChI is InChI=1S/C28H24BrNO6/c1-15-10-18-11-17(8-9-21(18)36-15)25(31)23-24(19-12-20(29)26(32)22(13-19)35-2)30(28(34)27(23)33)14-16-6-4-3-5-7-16/h3-9,11-13,15,24,31-32H,10,14H2,1-2H3/t15-,24-/m1/s1. The number of hydrogen-bond acceptors (Lipinski definition) is 6. The number of likely N-dealkylation sites (tertiary alicyclic amines) is 1. The highest BCUT2D eigenvalue weighted by molar-refractivity contribution is 9.10. The Morgan fingerprint density at radius 2 is 1.89 bits per heavy atom. The van der Waals surface area contributed by atoms with Gasteiger partial charge in [-0.3, -0.25) is 9.59 Å². The molecule has 2 N–H and O–H groups in total. The highest BCUT2D eigenvalue weighted by Crippen LogP contribution is 2.45. The summed E-state index contributed by atoms with van der Waals surface area (Å²) in [7, 11) is 1.42. The third kappa shape index (κ3) is 4.11. The van der Waals surface area contributed by atoms with Crippen LogP contribution in [0.4, 0.5) is 0 Å².